The molecule has 1 amide bonds. The molecule has 2 rings (SSSR count). The summed E-state index contributed by atoms with van der Waals surface area (Å²) < 4.78 is 1.91. The van der Waals surface area contributed by atoms with Crippen molar-refractivity contribution in [1.82, 2.24) is 14.8 Å². The van der Waals surface area contributed by atoms with Crippen LogP contribution in [0.25, 0.3) is 6.08 Å². The number of rotatable bonds is 7. The molecule has 110 valence electrons. The van der Waals surface area contributed by atoms with Crippen LogP contribution in [0.4, 0.5) is 0 Å². The lowest BCUT2D eigenvalue weighted by Crippen LogP contribution is -2.12. The summed E-state index contributed by atoms with van der Waals surface area (Å²) in [7, 11) is 1.90. The highest BCUT2D eigenvalue weighted by atomic mass is 32.2. The Morgan fingerprint density at radius 3 is 2.81 bits per heavy atom. The standard InChI is InChI=1S/C15H18N4OS/c1-19-14(10-9-13(16)20)17-18-15(19)21-11-5-8-12-6-3-2-4-7-12/h2-8H,9-11H2,1H3,(H2,16,20)/b8-5+. The zero-order valence-corrected chi connectivity index (χ0v) is 12.7. The van der Waals surface area contributed by atoms with Gasteiger partial charge >= 0.3 is 0 Å². The normalized spacial score (nSPS) is 11.1. The number of thioether (sulfide) groups is 1. The van der Waals surface area contributed by atoms with Gasteiger partial charge in [0.1, 0.15) is 5.82 Å². The summed E-state index contributed by atoms with van der Waals surface area (Å²) in [4.78, 5) is 10.8. The van der Waals surface area contributed by atoms with E-state index in [1.165, 1.54) is 5.56 Å². The van der Waals surface area contributed by atoms with Crippen LogP contribution in [0, 0.1) is 0 Å². The van der Waals surface area contributed by atoms with Crippen LogP contribution in [-0.2, 0) is 18.3 Å². The number of aromatic nitrogens is 3. The first-order chi connectivity index (χ1) is 10.2. The van der Waals surface area contributed by atoms with E-state index in [9.17, 15) is 4.79 Å². The lowest BCUT2D eigenvalue weighted by atomic mass is 10.2. The molecule has 0 saturated carbocycles. The van der Waals surface area contributed by atoms with Crippen LogP contribution in [-0.4, -0.2) is 26.4 Å². The van der Waals surface area contributed by atoms with Crippen molar-refractivity contribution in [2.24, 2.45) is 12.8 Å². The molecule has 0 spiro atoms. The van der Waals surface area contributed by atoms with Crippen molar-refractivity contribution in [2.75, 3.05) is 5.75 Å². The van der Waals surface area contributed by atoms with E-state index in [1.54, 1.807) is 11.8 Å². The minimum Gasteiger partial charge on any atom is -0.370 e. The maximum absolute atomic E-state index is 10.8. The predicted molar refractivity (Wildman–Crippen MR) is 84.7 cm³/mol. The highest BCUT2D eigenvalue weighted by molar-refractivity contribution is 7.99. The third kappa shape index (κ3) is 4.75. The first-order valence-corrected chi connectivity index (χ1v) is 7.66. The molecule has 5 nitrogen and oxygen atoms in total. The van der Waals surface area contributed by atoms with Gasteiger partial charge in [-0.1, -0.05) is 54.2 Å². The fourth-order valence-corrected chi connectivity index (χ4v) is 2.53. The van der Waals surface area contributed by atoms with Gasteiger partial charge in [0.2, 0.25) is 5.91 Å². The van der Waals surface area contributed by atoms with Gasteiger partial charge in [0.25, 0.3) is 0 Å². The summed E-state index contributed by atoms with van der Waals surface area (Å²) in [5.41, 5.74) is 6.32. The second kappa shape index (κ2) is 7.64. The lowest BCUT2D eigenvalue weighted by molar-refractivity contribution is -0.118. The van der Waals surface area contributed by atoms with Crippen LogP contribution >= 0.6 is 11.8 Å². The van der Waals surface area contributed by atoms with Crippen molar-refractivity contribution in [3.8, 4) is 0 Å². The molecule has 6 heteroatoms. The zero-order chi connectivity index (χ0) is 15.1. The topological polar surface area (TPSA) is 73.8 Å². The van der Waals surface area contributed by atoms with Crippen molar-refractivity contribution in [3.05, 3.63) is 47.8 Å². The fourth-order valence-electron chi connectivity index (χ4n) is 1.79. The number of nitrogens with two attached hydrogens (primary N) is 1. The Bertz CT molecular complexity index is 622. The van der Waals surface area contributed by atoms with Crippen molar-refractivity contribution in [1.29, 1.82) is 0 Å². The molecule has 1 aromatic heterocycles. The Labute approximate surface area is 128 Å². The van der Waals surface area contributed by atoms with E-state index in [0.29, 0.717) is 12.8 Å². The molecule has 1 aromatic carbocycles. The van der Waals surface area contributed by atoms with Crippen LogP contribution in [0.3, 0.4) is 0 Å². The van der Waals surface area contributed by atoms with Crippen LogP contribution < -0.4 is 5.73 Å². The molecule has 1 heterocycles. The molecule has 0 aliphatic heterocycles. The number of amides is 1. The Balaban J connectivity index is 1.86. The smallest absolute Gasteiger partial charge is 0.217 e. The molecule has 0 fully saturated rings. The number of primary amides is 1. The summed E-state index contributed by atoms with van der Waals surface area (Å²) in [6.45, 7) is 0. The summed E-state index contributed by atoms with van der Waals surface area (Å²) in [6, 6.07) is 10.1. The van der Waals surface area contributed by atoms with E-state index < -0.39 is 0 Å². The van der Waals surface area contributed by atoms with Crippen molar-refractivity contribution in [2.45, 2.75) is 18.0 Å². The summed E-state index contributed by atoms with van der Waals surface area (Å²) in [5, 5.41) is 9.05. The first-order valence-electron chi connectivity index (χ1n) is 6.68. The number of aryl methyl sites for hydroxylation is 1. The number of benzene rings is 1. The Kier molecular flexibility index (Phi) is 5.57. The second-order valence-electron chi connectivity index (χ2n) is 4.55. The van der Waals surface area contributed by atoms with Crippen LogP contribution in [0.2, 0.25) is 0 Å². The zero-order valence-electron chi connectivity index (χ0n) is 11.9. The Morgan fingerprint density at radius 2 is 2.10 bits per heavy atom. The average molecular weight is 302 g/mol. The number of hydrogen-bond donors (Lipinski definition) is 1. The number of hydrogen-bond acceptors (Lipinski definition) is 4. The maximum atomic E-state index is 10.8. The van der Waals surface area contributed by atoms with Gasteiger partial charge < -0.3 is 10.3 Å². The van der Waals surface area contributed by atoms with Gasteiger partial charge in [0.15, 0.2) is 5.16 Å². The lowest BCUT2D eigenvalue weighted by Gasteiger charge is -2.01. The van der Waals surface area contributed by atoms with Crippen molar-refractivity contribution in [3.63, 3.8) is 0 Å². The van der Waals surface area contributed by atoms with Crippen LogP contribution in [0.15, 0.2) is 41.6 Å². The van der Waals surface area contributed by atoms with Gasteiger partial charge in [-0.15, -0.1) is 10.2 Å². The van der Waals surface area contributed by atoms with Crippen LogP contribution in [0.5, 0.6) is 0 Å². The first kappa shape index (κ1) is 15.3. The largest absolute Gasteiger partial charge is 0.370 e. The quantitative estimate of drug-likeness (QED) is 0.794. The van der Waals surface area contributed by atoms with E-state index in [-0.39, 0.29) is 5.91 Å². The third-order valence-electron chi connectivity index (χ3n) is 2.94. The van der Waals surface area contributed by atoms with E-state index in [4.69, 9.17) is 5.73 Å². The van der Waals surface area contributed by atoms with Crippen LogP contribution in [0.1, 0.15) is 17.8 Å². The molecule has 2 N–H and O–H groups in total. The van der Waals surface area contributed by atoms with Gasteiger partial charge in [-0.3, -0.25) is 4.79 Å². The molecule has 21 heavy (non-hydrogen) atoms. The minimum absolute atomic E-state index is 0.296. The third-order valence-corrected chi connectivity index (χ3v) is 3.91. The number of carbonyl (C=O) groups is 1. The molecular weight excluding hydrogens is 284 g/mol. The van der Waals surface area contributed by atoms with E-state index >= 15 is 0 Å². The number of carbonyl (C=O) groups excluding carboxylic acids is 1. The van der Waals surface area contributed by atoms with Gasteiger partial charge in [-0.2, -0.15) is 0 Å². The van der Waals surface area contributed by atoms with E-state index in [1.807, 2.05) is 29.8 Å². The Morgan fingerprint density at radius 1 is 1.33 bits per heavy atom. The highest BCUT2D eigenvalue weighted by Crippen LogP contribution is 2.16. The summed E-state index contributed by atoms with van der Waals surface area (Å²) in [6.07, 6.45) is 5.00. The number of nitrogens with zero attached hydrogens (tertiary/aromatic N) is 3. The predicted octanol–water partition coefficient (Wildman–Crippen LogP) is 2.04. The summed E-state index contributed by atoms with van der Waals surface area (Å²) >= 11 is 1.61. The molecule has 0 radical (unpaired) electrons. The maximum Gasteiger partial charge on any atom is 0.217 e. The Hall–Kier alpha value is -2.08. The van der Waals surface area contributed by atoms with Crippen molar-refractivity contribution < 1.29 is 4.79 Å². The molecule has 2 aromatic rings. The average Bonchev–Trinajstić information content (AvgIpc) is 2.83. The molecular formula is C15H18N4OS. The molecule has 0 bridgehead atoms. The van der Waals surface area contributed by atoms with E-state index in [0.717, 1.165) is 16.7 Å². The molecule has 0 aliphatic rings. The second-order valence-corrected chi connectivity index (χ2v) is 5.54. The highest BCUT2D eigenvalue weighted by Gasteiger charge is 2.09. The molecule has 0 aliphatic carbocycles. The SMILES string of the molecule is Cn1c(CCC(N)=O)nnc1SC/C=C/c1ccccc1. The van der Waals surface area contributed by atoms with Crippen molar-refractivity contribution >= 4 is 23.7 Å². The van der Waals surface area contributed by atoms with Gasteiger partial charge in [-0.05, 0) is 5.56 Å². The fraction of sp³-hybridized carbons (Fsp3) is 0.267. The van der Waals surface area contributed by atoms with Gasteiger partial charge in [0.05, 0.1) is 0 Å². The summed E-state index contributed by atoms with van der Waals surface area (Å²) in [5.74, 6) is 1.28. The monoisotopic (exact) mass is 302 g/mol. The van der Waals surface area contributed by atoms with E-state index in [2.05, 4.69) is 34.5 Å². The van der Waals surface area contributed by atoms with Gasteiger partial charge in [0, 0.05) is 25.6 Å². The minimum atomic E-state index is -0.321. The molecule has 0 unspecified atom stereocenters. The molecule has 0 atom stereocenters. The molecule has 0 saturated heterocycles. The van der Waals surface area contributed by atoms with Gasteiger partial charge in [-0.25, -0.2) is 0 Å².